The molecule has 0 saturated carbocycles. The van der Waals surface area contributed by atoms with Crippen LogP contribution in [0.15, 0.2) is 140 Å². The van der Waals surface area contributed by atoms with E-state index in [1.165, 1.54) is 92.2 Å². The van der Waals surface area contributed by atoms with Gasteiger partial charge in [-0.2, -0.15) is 11.3 Å². The number of thiophene rings is 1. The van der Waals surface area contributed by atoms with Gasteiger partial charge in [0, 0.05) is 67.8 Å². The van der Waals surface area contributed by atoms with Crippen LogP contribution in [0.5, 0.6) is 0 Å². The second kappa shape index (κ2) is 12.9. The molecule has 53 heavy (non-hydrogen) atoms. The molecule has 3 aromatic heterocycles. The smallest absolute Gasteiger partial charge is 0.0544 e. The first-order chi connectivity index (χ1) is 25.3. The Morgan fingerprint density at radius 1 is 0.604 bits per heavy atom. The van der Waals surface area contributed by atoms with Gasteiger partial charge >= 0.3 is 0 Å². The Hall–Kier alpha value is -4.90. The molecule has 9 aromatic rings. The van der Waals surface area contributed by atoms with Crippen molar-refractivity contribution in [3.8, 4) is 58.7 Å². The summed E-state index contributed by atoms with van der Waals surface area (Å²) in [5.41, 5.74) is 16.3. The zero-order chi connectivity index (χ0) is 35.1. The van der Waals surface area contributed by atoms with E-state index in [4.69, 9.17) is 4.98 Å². The van der Waals surface area contributed by atoms with E-state index in [9.17, 15) is 0 Å². The molecule has 0 saturated heterocycles. The first-order valence-corrected chi connectivity index (χ1v) is 19.4. The number of hydrogen-bond acceptors (Lipinski definition) is 3. The molecule has 1 aliphatic rings. The van der Waals surface area contributed by atoms with Gasteiger partial charge in [-0.05, 0) is 101 Å². The van der Waals surface area contributed by atoms with E-state index < -0.39 is 0 Å². The van der Waals surface area contributed by atoms with Gasteiger partial charge in [-0.1, -0.05) is 91.7 Å². The molecular formula is C48H35IrN2S2-. The summed E-state index contributed by atoms with van der Waals surface area (Å²) in [6.45, 7) is 9.03. The maximum absolute atomic E-state index is 4.83. The third kappa shape index (κ3) is 5.49. The van der Waals surface area contributed by atoms with Crippen LogP contribution in [0.3, 0.4) is 0 Å². The minimum absolute atomic E-state index is 0. The third-order valence-corrected chi connectivity index (χ3v) is 13.1. The average molecular weight is 896 g/mol. The summed E-state index contributed by atoms with van der Waals surface area (Å²) >= 11 is 3.57. The molecule has 0 amide bonds. The predicted molar refractivity (Wildman–Crippen MR) is 222 cm³/mol. The molecule has 0 N–H and O–H groups in total. The Labute approximate surface area is 331 Å². The van der Waals surface area contributed by atoms with E-state index in [2.05, 4.69) is 166 Å². The second-order valence-corrected chi connectivity index (χ2v) is 16.6. The Kier molecular flexibility index (Phi) is 8.25. The predicted octanol–water partition coefficient (Wildman–Crippen LogP) is 13.7. The van der Waals surface area contributed by atoms with Crippen LogP contribution in [0.2, 0.25) is 0 Å². The Bertz CT molecular complexity index is 2850. The number of aryl methyl sites for hydroxylation is 2. The third-order valence-electron chi connectivity index (χ3n) is 10.9. The Morgan fingerprint density at radius 3 is 2.19 bits per heavy atom. The summed E-state index contributed by atoms with van der Waals surface area (Å²) in [5, 5.41) is 3.55. The van der Waals surface area contributed by atoms with Gasteiger partial charge in [0.1, 0.15) is 0 Å². The zero-order valence-corrected chi connectivity index (χ0v) is 33.9. The van der Waals surface area contributed by atoms with Gasteiger partial charge in [0.15, 0.2) is 0 Å². The number of rotatable bonds is 5. The zero-order valence-electron chi connectivity index (χ0n) is 29.8. The van der Waals surface area contributed by atoms with Crippen molar-refractivity contribution < 1.29 is 20.1 Å². The van der Waals surface area contributed by atoms with E-state index in [0.717, 1.165) is 10.6 Å². The van der Waals surface area contributed by atoms with Gasteiger partial charge in [-0.25, -0.2) is 0 Å². The molecule has 1 aliphatic carbocycles. The van der Waals surface area contributed by atoms with Crippen molar-refractivity contribution in [2.75, 3.05) is 0 Å². The molecule has 2 nitrogen and oxygen atoms in total. The van der Waals surface area contributed by atoms with Crippen LogP contribution in [0.25, 0.3) is 80.5 Å². The molecular weight excluding hydrogens is 861 g/mol. The number of fused-ring (bicyclic) bond motifs is 6. The first-order valence-electron chi connectivity index (χ1n) is 17.8. The standard InChI is InChI=1S/C48H35N2S2.Ir/c1-29-17-18-30(2)36(23-29)46-28-49-47(52-46)33-12-10-11-31(24-33)44-21-22-45(51-44)32-19-20-42-38(25-32)39-26-37-35-15-8-9-16-40(35)48(3,4)41(37)27-43(39)50(42)34-13-6-5-7-14-34;/h5-11,13-28H,1-4H3;/q-1;. The number of hydrogen-bond donors (Lipinski definition) is 0. The van der Waals surface area contributed by atoms with Crippen molar-refractivity contribution in [1.82, 2.24) is 9.55 Å². The van der Waals surface area contributed by atoms with Crippen LogP contribution < -0.4 is 0 Å². The van der Waals surface area contributed by atoms with Crippen LogP contribution in [0.4, 0.5) is 0 Å². The summed E-state index contributed by atoms with van der Waals surface area (Å²) in [5.74, 6) is 0. The van der Waals surface area contributed by atoms with Gasteiger partial charge < -0.3 is 4.57 Å². The van der Waals surface area contributed by atoms with Crippen molar-refractivity contribution in [2.45, 2.75) is 33.1 Å². The monoisotopic (exact) mass is 896 g/mol. The molecule has 0 fully saturated rings. The van der Waals surface area contributed by atoms with Crippen LogP contribution in [-0.2, 0) is 25.5 Å². The Balaban J connectivity index is 0.00000372. The first kappa shape index (κ1) is 33.9. The summed E-state index contributed by atoms with van der Waals surface area (Å²) in [6, 6.07) is 52.6. The molecule has 1 radical (unpaired) electrons. The van der Waals surface area contributed by atoms with Gasteiger partial charge in [-0.3, -0.25) is 4.98 Å². The molecule has 0 bridgehead atoms. The molecule has 5 heteroatoms. The molecule has 0 unspecified atom stereocenters. The number of benzene rings is 6. The van der Waals surface area contributed by atoms with Crippen molar-refractivity contribution in [3.63, 3.8) is 0 Å². The molecule has 0 atom stereocenters. The van der Waals surface area contributed by atoms with Crippen LogP contribution >= 0.6 is 22.7 Å². The maximum atomic E-state index is 4.83. The molecule has 0 spiro atoms. The fourth-order valence-electron chi connectivity index (χ4n) is 8.14. The molecule has 3 heterocycles. The summed E-state index contributed by atoms with van der Waals surface area (Å²) in [4.78, 5) is 8.51. The topological polar surface area (TPSA) is 17.8 Å². The van der Waals surface area contributed by atoms with E-state index in [-0.39, 0.29) is 25.5 Å². The number of para-hydroxylation sites is 1. The summed E-state index contributed by atoms with van der Waals surface area (Å²) in [7, 11) is 0. The minimum Gasteiger partial charge on any atom is -0.309 e. The van der Waals surface area contributed by atoms with Crippen molar-refractivity contribution in [1.29, 1.82) is 0 Å². The molecule has 10 rings (SSSR count). The maximum Gasteiger partial charge on any atom is 0.0544 e. The Morgan fingerprint density at radius 2 is 1.36 bits per heavy atom. The van der Waals surface area contributed by atoms with E-state index in [0.29, 0.717) is 0 Å². The van der Waals surface area contributed by atoms with Crippen molar-refractivity contribution >= 4 is 44.5 Å². The van der Waals surface area contributed by atoms with E-state index >= 15 is 0 Å². The number of nitrogens with zero attached hydrogens (tertiary/aromatic N) is 2. The van der Waals surface area contributed by atoms with Crippen LogP contribution in [-0.4, -0.2) is 9.55 Å². The van der Waals surface area contributed by atoms with Gasteiger partial charge in [-0.15, -0.1) is 41.2 Å². The minimum atomic E-state index is -0.0619. The number of aromatic nitrogens is 2. The van der Waals surface area contributed by atoms with Gasteiger partial charge in [0.05, 0.1) is 11.0 Å². The van der Waals surface area contributed by atoms with Gasteiger partial charge in [0.25, 0.3) is 0 Å². The quantitative estimate of drug-likeness (QED) is 0.157. The fourth-order valence-corrected chi connectivity index (χ4v) is 10.1. The summed E-state index contributed by atoms with van der Waals surface area (Å²) in [6.07, 6.45) is 2.00. The summed E-state index contributed by atoms with van der Waals surface area (Å²) < 4.78 is 2.44. The van der Waals surface area contributed by atoms with Crippen molar-refractivity contribution in [2.24, 2.45) is 0 Å². The van der Waals surface area contributed by atoms with Crippen LogP contribution in [0.1, 0.15) is 36.1 Å². The molecule has 6 aromatic carbocycles. The molecule has 259 valence electrons. The molecule has 0 aliphatic heterocycles. The fraction of sp³-hybridized carbons (Fsp3) is 0.104. The van der Waals surface area contributed by atoms with Gasteiger partial charge in [0.2, 0.25) is 0 Å². The van der Waals surface area contributed by atoms with E-state index in [1.54, 1.807) is 11.3 Å². The second-order valence-electron chi connectivity index (χ2n) is 14.5. The normalized spacial score (nSPS) is 12.9. The SMILES string of the molecule is Cc1ccc(C)c(-c2cnc(-c3[c-]ccc(-c4ccc(-c5ccc6c(c5)c5cc7c(cc5n6-c5ccccc5)C(C)(C)c5ccccc5-7)s4)c3)s2)c1.[Ir]. The largest absolute Gasteiger partial charge is 0.309 e. The number of thiazole rings is 1. The van der Waals surface area contributed by atoms with Crippen molar-refractivity contribution in [3.05, 3.63) is 168 Å². The average Bonchev–Trinajstić information content (AvgIpc) is 3.97. The van der Waals surface area contributed by atoms with Crippen LogP contribution in [0, 0.1) is 19.9 Å². The van der Waals surface area contributed by atoms with E-state index in [1.807, 2.05) is 23.6 Å².